The topological polar surface area (TPSA) is 84.7 Å². The minimum atomic E-state index is -4.62. The summed E-state index contributed by atoms with van der Waals surface area (Å²) in [4.78, 5) is 12.0. The van der Waals surface area contributed by atoms with Gasteiger partial charge in [0.15, 0.2) is 5.69 Å². The monoisotopic (exact) mass is 458 g/mol. The predicted octanol–water partition coefficient (Wildman–Crippen LogP) is 4.83. The molecule has 0 fully saturated rings. The van der Waals surface area contributed by atoms with Crippen LogP contribution in [0.4, 0.5) is 23.7 Å². The molecule has 2 N–H and O–H groups in total. The van der Waals surface area contributed by atoms with Crippen LogP contribution in [0.2, 0.25) is 10.0 Å². The lowest BCUT2D eigenvalue weighted by Crippen LogP contribution is -2.28. The van der Waals surface area contributed by atoms with Gasteiger partial charge in [-0.05, 0) is 36.8 Å². The molecule has 0 aliphatic carbocycles. The number of halogens is 5. The summed E-state index contributed by atoms with van der Waals surface area (Å²) in [6.45, 7) is 1.61. The molecule has 0 aliphatic heterocycles. The van der Waals surface area contributed by atoms with E-state index in [1.54, 1.807) is 13.0 Å². The summed E-state index contributed by atoms with van der Waals surface area (Å²) in [7, 11) is 1.39. The van der Waals surface area contributed by atoms with E-state index in [1.807, 2.05) is 0 Å². The van der Waals surface area contributed by atoms with Gasteiger partial charge in [-0.1, -0.05) is 23.2 Å². The van der Waals surface area contributed by atoms with E-state index in [4.69, 9.17) is 23.2 Å². The zero-order valence-corrected chi connectivity index (χ0v) is 17.2. The third-order valence-corrected chi connectivity index (χ3v) is 4.37. The Morgan fingerprint density at radius 1 is 1.13 bits per heavy atom. The van der Waals surface area contributed by atoms with E-state index < -0.39 is 17.9 Å². The summed E-state index contributed by atoms with van der Waals surface area (Å²) in [6.07, 6.45) is -3.38. The first-order valence-electron chi connectivity index (χ1n) is 8.48. The Morgan fingerprint density at radius 3 is 2.40 bits per heavy atom. The van der Waals surface area contributed by atoms with Crippen LogP contribution in [0.15, 0.2) is 30.5 Å². The van der Waals surface area contributed by atoms with Crippen LogP contribution in [-0.4, -0.2) is 26.0 Å². The van der Waals surface area contributed by atoms with E-state index in [-0.39, 0.29) is 17.8 Å². The highest BCUT2D eigenvalue weighted by atomic mass is 35.5. The van der Waals surface area contributed by atoms with Gasteiger partial charge in [0.1, 0.15) is 0 Å². The Bertz CT molecular complexity index is 1080. The maximum Gasteiger partial charge on any atom is 0.435 e. The summed E-state index contributed by atoms with van der Waals surface area (Å²) in [5, 5.41) is 17.2. The number of aryl methyl sites for hydroxylation is 2. The van der Waals surface area contributed by atoms with Crippen LogP contribution in [0.1, 0.15) is 17.0 Å². The second kappa shape index (κ2) is 8.49. The molecule has 0 radical (unpaired) electrons. The first-order chi connectivity index (χ1) is 14.0. The molecule has 7 nitrogen and oxygen atoms in total. The van der Waals surface area contributed by atoms with Gasteiger partial charge in [0, 0.05) is 29.0 Å². The molecule has 0 unspecified atom stereocenters. The highest BCUT2D eigenvalue weighted by Crippen LogP contribution is 2.36. The lowest BCUT2D eigenvalue weighted by Gasteiger charge is -2.10. The molecule has 158 valence electrons. The van der Waals surface area contributed by atoms with Crippen molar-refractivity contribution in [3.63, 3.8) is 0 Å². The van der Waals surface area contributed by atoms with E-state index in [9.17, 15) is 18.0 Å². The molecular weight excluding hydrogens is 444 g/mol. The number of rotatable bonds is 4. The minimum absolute atomic E-state index is 0.00736. The third-order valence-electron chi connectivity index (χ3n) is 3.94. The zero-order valence-electron chi connectivity index (χ0n) is 15.7. The number of alkyl halides is 3. The Labute approximate surface area is 179 Å². The van der Waals surface area contributed by atoms with Gasteiger partial charge in [-0.2, -0.15) is 23.4 Å². The highest BCUT2D eigenvalue weighted by molar-refractivity contribution is 6.35. The van der Waals surface area contributed by atoms with Crippen LogP contribution < -0.4 is 10.6 Å². The summed E-state index contributed by atoms with van der Waals surface area (Å²) in [6, 6.07) is 5.59. The first kappa shape index (κ1) is 21.8. The number of hydrogen-bond donors (Lipinski definition) is 2. The number of nitrogens with one attached hydrogen (secondary N) is 2. The molecule has 0 bridgehead atoms. The van der Waals surface area contributed by atoms with Gasteiger partial charge < -0.3 is 10.6 Å². The SMILES string of the molecule is Cc1cc(CNC(=O)Nc2cc(Cl)cc(Cl)c2)nnc1-c1cn(C)nc1C(F)(F)F. The number of hydrogen-bond acceptors (Lipinski definition) is 4. The van der Waals surface area contributed by atoms with Gasteiger partial charge in [0.25, 0.3) is 0 Å². The first-order valence-corrected chi connectivity index (χ1v) is 9.24. The van der Waals surface area contributed by atoms with E-state index in [2.05, 4.69) is 25.9 Å². The molecule has 3 rings (SSSR count). The molecule has 2 aromatic heterocycles. The fourth-order valence-corrected chi connectivity index (χ4v) is 3.26. The Balaban J connectivity index is 1.71. The van der Waals surface area contributed by atoms with Crippen molar-refractivity contribution in [2.75, 3.05) is 5.32 Å². The normalized spacial score (nSPS) is 11.4. The number of benzene rings is 1. The van der Waals surface area contributed by atoms with Crippen molar-refractivity contribution in [1.82, 2.24) is 25.3 Å². The lowest BCUT2D eigenvalue weighted by molar-refractivity contribution is -0.141. The second-order valence-electron chi connectivity index (χ2n) is 6.40. The van der Waals surface area contributed by atoms with Crippen molar-refractivity contribution in [1.29, 1.82) is 0 Å². The summed E-state index contributed by atoms with van der Waals surface area (Å²) >= 11 is 11.8. The van der Waals surface area contributed by atoms with E-state index in [1.165, 1.54) is 31.4 Å². The summed E-state index contributed by atoms with van der Waals surface area (Å²) < 4.78 is 40.7. The molecule has 0 saturated heterocycles. The zero-order chi connectivity index (χ0) is 22.1. The maximum absolute atomic E-state index is 13.2. The molecule has 12 heteroatoms. The number of nitrogens with zero attached hydrogens (tertiary/aromatic N) is 4. The molecule has 3 aromatic rings. The van der Waals surface area contributed by atoms with Crippen molar-refractivity contribution in [2.24, 2.45) is 7.05 Å². The van der Waals surface area contributed by atoms with Gasteiger partial charge in [-0.25, -0.2) is 4.79 Å². The van der Waals surface area contributed by atoms with E-state index in [0.29, 0.717) is 27.0 Å². The molecule has 1 aromatic carbocycles. The molecule has 0 spiro atoms. The van der Waals surface area contributed by atoms with Crippen molar-refractivity contribution >= 4 is 34.9 Å². The smallest absolute Gasteiger partial charge is 0.332 e. The Kier molecular flexibility index (Phi) is 6.18. The van der Waals surface area contributed by atoms with E-state index >= 15 is 0 Å². The molecular formula is C18H15Cl2F3N6O. The molecule has 0 saturated carbocycles. The molecule has 30 heavy (non-hydrogen) atoms. The molecule has 0 atom stereocenters. The van der Waals surface area contributed by atoms with Crippen molar-refractivity contribution < 1.29 is 18.0 Å². The van der Waals surface area contributed by atoms with Gasteiger partial charge in [-0.15, -0.1) is 5.10 Å². The highest BCUT2D eigenvalue weighted by Gasteiger charge is 2.38. The largest absolute Gasteiger partial charge is 0.435 e. The molecule has 0 aliphatic rings. The number of carbonyl (C=O) groups excluding carboxylic acids is 1. The van der Waals surface area contributed by atoms with Crippen molar-refractivity contribution in [3.05, 3.63) is 57.5 Å². The Morgan fingerprint density at radius 2 is 1.80 bits per heavy atom. The van der Waals surface area contributed by atoms with Crippen LogP contribution in [0.25, 0.3) is 11.3 Å². The van der Waals surface area contributed by atoms with Crippen molar-refractivity contribution in [2.45, 2.75) is 19.6 Å². The van der Waals surface area contributed by atoms with Gasteiger partial charge in [-0.3, -0.25) is 4.68 Å². The number of anilines is 1. The third kappa shape index (κ3) is 5.19. The number of urea groups is 1. The summed E-state index contributed by atoms with van der Waals surface area (Å²) in [5.74, 6) is 0. The average molecular weight is 459 g/mol. The van der Waals surface area contributed by atoms with E-state index in [0.717, 1.165) is 4.68 Å². The summed E-state index contributed by atoms with van der Waals surface area (Å²) in [5.41, 5.74) is 0.101. The quantitative estimate of drug-likeness (QED) is 0.585. The fraction of sp³-hybridized carbons (Fsp3) is 0.222. The molecule has 2 heterocycles. The van der Waals surface area contributed by atoms with Crippen LogP contribution in [0, 0.1) is 6.92 Å². The predicted molar refractivity (Wildman–Crippen MR) is 106 cm³/mol. The molecule has 2 amide bonds. The number of amides is 2. The lowest BCUT2D eigenvalue weighted by atomic mass is 10.1. The Hall–Kier alpha value is -2.85. The average Bonchev–Trinajstić information content (AvgIpc) is 3.01. The minimum Gasteiger partial charge on any atom is -0.332 e. The maximum atomic E-state index is 13.2. The number of aromatic nitrogens is 4. The van der Waals surface area contributed by atoms with Gasteiger partial charge in [0.05, 0.1) is 23.5 Å². The van der Waals surface area contributed by atoms with Crippen LogP contribution in [0.5, 0.6) is 0 Å². The standard InChI is InChI=1S/C18H15Cl2F3N6O/c1-9-3-13(7-24-17(30)25-12-5-10(19)4-11(20)6-12)26-27-15(9)14-8-29(2)28-16(14)18(21,22)23/h3-6,8H,7H2,1-2H3,(H2,24,25,30). The fourth-order valence-electron chi connectivity index (χ4n) is 2.74. The second-order valence-corrected chi connectivity index (χ2v) is 7.27. The van der Waals surface area contributed by atoms with Crippen LogP contribution >= 0.6 is 23.2 Å². The van der Waals surface area contributed by atoms with Crippen LogP contribution in [0.3, 0.4) is 0 Å². The van der Waals surface area contributed by atoms with Gasteiger partial charge >= 0.3 is 12.2 Å². The van der Waals surface area contributed by atoms with Crippen LogP contribution in [-0.2, 0) is 19.8 Å². The van der Waals surface area contributed by atoms with Crippen molar-refractivity contribution in [3.8, 4) is 11.3 Å². The number of carbonyl (C=O) groups is 1. The van der Waals surface area contributed by atoms with Gasteiger partial charge in [0.2, 0.25) is 0 Å².